The number of amides is 2. The molecule has 9 nitrogen and oxygen atoms in total. The molecule has 2 heterocycles. The van der Waals surface area contributed by atoms with Crippen LogP contribution in [0.25, 0.3) is 16.5 Å². The van der Waals surface area contributed by atoms with Crippen molar-refractivity contribution in [2.75, 3.05) is 31.8 Å². The maximum Gasteiger partial charge on any atom is 0.333 e. The van der Waals surface area contributed by atoms with Crippen molar-refractivity contribution in [2.24, 2.45) is 0 Å². The first kappa shape index (κ1) is 25.4. The van der Waals surface area contributed by atoms with Gasteiger partial charge in [0.15, 0.2) is 0 Å². The van der Waals surface area contributed by atoms with Crippen LogP contribution < -0.4 is 20.9 Å². The van der Waals surface area contributed by atoms with Crippen molar-refractivity contribution in [3.63, 3.8) is 0 Å². The second kappa shape index (κ2) is 10.1. The number of hydrogen-bond donors (Lipinski definition) is 3. The molecule has 0 fully saturated rings. The summed E-state index contributed by atoms with van der Waals surface area (Å²) in [4.78, 5) is 27.4. The number of urea groups is 1. The van der Waals surface area contributed by atoms with Gasteiger partial charge in [0.25, 0.3) is 15.6 Å². The number of benzene rings is 2. The van der Waals surface area contributed by atoms with Crippen LogP contribution in [0.3, 0.4) is 0 Å². The standard InChI is InChI=1S/C24H24FN5O4S2/c1-26-16-6-8-18-19(11-16)15(13-29(2)3)14-30(23(18)31)21-9-7-17(12-20(21)25)27-24(32)28-36(33,34)22-5-4-10-35-22/h4-12,14,26H,13H2,1-3H3,(H2,27,28,32). The molecule has 2 aromatic carbocycles. The third-order valence-electron chi connectivity index (χ3n) is 5.33. The van der Waals surface area contributed by atoms with Crippen LogP contribution in [-0.2, 0) is 16.6 Å². The Labute approximate surface area is 211 Å². The van der Waals surface area contributed by atoms with Crippen molar-refractivity contribution in [3.8, 4) is 5.69 Å². The molecule has 4 rings (SSSR count). The largest absolute Gasteiger partial charge is 0.388 e. The minimum Gasteiger partial charge on any atom is -0.388 e. The van der Waals surface area contributed by atoms with E-state index >= 15 is 4.39 Å². The molecule has 0 aliphatic heterocycles. The van der Waals surface area contributed by atoms with E-state index in [9.17, 15) is 18.0 Å². The summed E-state index contributed by atoms with van der Waals surface area (Å²) in [6, 6.07) is 11.0. The Kier molecular flexibility index (Phi) is 7.11. The molecule has 0 saturated heterocycles. The molecule has 0 unspecified atom stereocenters. The molecule has 0 bridgehead atoms. The predicted octanol–water partition coefficient (Wildman–Crippen LogP) is 3.81. The highest BCUT2D eigenvalue weighted by atomic mass is 32.2. The Morgan fingerprint density at radius 3 is 2.47 bits per heavy atom. The van der Waals surface area contributed by atoms with Gasteiger partial charge in [-0.2, -0.15) is 0 Å². The van der Waals surface area contributed by atoms with Gasteiger partial charge in [0.1, 0.15) is 10.0 Å². The van der Waals surface area contributed by atoms with E-state index in [2.05, 4.69) is 10.6 Å². The highest BCUT2D eigenvalue weighted by molar-refractivity contribution is 7.92. The fraction of sp³-hybridized carbons (Fsp3) is 0.167. The fourth-order valence-corrected chi connectivity index (χ4v) is 5.64. The van der Waals surface area contributed by atoms with E-state index in [4.69, 9.17) is 0 Å². The second-order valence-electron chi connectivity index (χ2n) is 8.24. The van der Waals surface area contributed by atoms with Crippen LogP contribution in [0.4, 0.5) is 20.6 Å². The molecule has 0 aliphatic rings. The zero-order chi connectivity index (χ0) is 26.0. The summed E-state index contributed by atoms with van der Waals surface area (Å²) in [6.07, 6.45) is 1.61. The number of halogens is 1. The first-order valence-corrected chi connectivity index (χ1v) is 13.1. The molecule has 188 valence electrons. The number of nitrogens with one attached hydrogen (secondary N) is 3. The zero-order valence-corrected chi connectivity index (χ0v) is 21.3. The maximum absolute atomic E-state index is 15.2. The number of pyridine rings is 1. The number of carbonyl (C=O) groups excluding carboxylic acids is 1. The Bertz CT molecular complexity index is 1600. The minimum atomic E-state index is -4.04. The van der Waals surface area contributed by atoms with Crippen LogP contribution >= 0.6 is 11.3 Å². The van der Waals surface area contributed by atoms with Crippen LogP contribution in [0.2, 0.25) is 0 Å². The first-order valence-electron chi connectivity index (χ1n) is 10.8. The normalized spacial score (nSPS) is 11.6. The van der Waals surface area contributed by atoms with E-state index in [-0.39, 0.29) is 15.6 Å². The van der Waals surface area contributed by atoms with Crippen molar-refractivity contribution in [2.45, 2.75) is 10.8 Å². The molecule has 0 saturated carbocycles. The van der Waals surface area contributed by atoms with Crippen molar-refractivity contribution >= 4 is 49.5 Å². The molecule has 2 amide bonds. The highest BCUT2D eigenvalue weighted by Gasteiger charge is 2.19. The number of nitrogens with zero attached hydrogens (tertiary/aromatic N) is 2. The number of rotatable bonds is 7. The van der Waals surface area contributed by atoms with Gasteiger partial charge in [0.2, 0.25) is 0 Å². The summed E-state index contributed by atoms with van der Waals surface area (Å²) in [5.74, 6) is -0.766. The van der Waals surface area contributed by atoms with Gasteiger partial charge in [-0.05, 0) is 72.9 Å². The molecular weight excluding hydrogens is 505 g/mol. The van der Waals surface area contributed by atoms with Gasteiger partial charge in [-0.15, -0.1) is 11.3 Å². The lowest BCUT2D eigenvalue weighted by atomic mass is 10.1. The summed E-state index contributed by atoms with van der Waals surface area (Å²) in [7, 11) is 1.55. The van der Waals surface area contributed by atoms with Gasteiger partial charge in [0, 0.05) is 36.6 Å². The van der Waals surface area contributed by atoms with Crippen molar-refractivity contribution in [3.05, 3.63) is 81.8 Å². The predicted molar refractivity (Wildman–Crippen MR) is 140 cm³/mol. The average molecular weight is 530 g/mol. The van der Waals surface area contributed by atoms with Crippen LogP contribution in [0, 0.1) is 5.82 Å². The van der Waals surface area contributed by atoms with Gasteiger partial charge in [-0.25, -0.2) is 22.3 Å². The quantitative estimate of drug-likeness (QED) is 0.336. The van der Waals surface area contributed by atoms with Gasteiger partial charge in [-0.3, -0.25) is 9.36 Å². The summed E-state index contributed by atoms with van der Waals surface area (Å²) in [5, 5.41) is 8.14. The van der Waals surface area contributed by atoms with E-state index in [1.54, 1.807) is 36.8 Å². The smallest absolute Gasteiger partial charge is 0.333 e. The maximum atomic E-state index is 15.2. The molecule has 12 heteroatoms. The lowest BCUT2D eigenvalue weighted by molar-refractivity contribution is 0.256. The van der Waals surface area contributed by atoms with Gasteiger partial charge in [0.05, 0.1) is 5.69 Å². The zero-order valence-electron chi connectivity index (χ0n) is 19.7. The van der Waals surface area contributed by atoms with E-state index in [0.717, 1.165) is 34.0 Å². The van der Waals surface area contributed by atoms with E-state index in [1.807, 2.05) is 29.8 Å². The number of hydrogen-bond acceptors (Lipinski definition) is 7. The van der Waals surface area contributed by atoms with Gasteiger partial charge < -0.3 is 15.5 Å². The lowest BCUT2D eigenvalue weighted by Crippen LogP contribution is -2.34. The number of aromatic nitrogens is 1. The molecule has 36 heavy (non-hydrogen) atoms. The Hall–Kier alpha value is -3.74. The highest BCUT2D eigenvalue weighted by Crippen LogP contribution is 2.24. The summed E-state index contributed by atoms with van der Waals surface area (Å²) < 4.78 is 42.7. The molecule has 4 aromatic rings. The fourth-order valence-electron chi connectivity index (χ4n) is 3.74. The molecule has 2 aromatic heterocycles. The molecule has 3 N–H and O–H groups in total. The van der Waals surface area contributed by atoms with Crippen LogP contribution in [0.1, 0.15) is 5.56 Å². The number of sulfonamides is 1. The average Bonchev–Trinajstić information content (AvgIpc) is 3.36. The summed E-state index contributed by atoms with van der Waals surface area (Å²) in [6.45, 7) is 0.518. The first-order chi connectivity index (χ1) is 17.1. The molecule has 0 radical (unpaired) electrons. The lowest BCUT2D eigenvalue weighted by Gasteiger charge is -2.17. The molecule has 0 spiro atoms. The molecular formula is C24H24FN5O4S2. The Morgan fingerprint density at radius 1 is 1.08 bits per heavy atom. The number of thiophene rings is 1. The molecule has 0 atom stereocenters. The third-order valence-corrected chi connectivity index (χ3v) is 8.06. The van der Waals surface area contributed by atoms with Crippen LogP contribution in [0.15, 0.2) is 69.1 Å². The van der Waals surface area contributed by atoms with Gasteiger partial charge in [-0.1, -0.05) is 6.07 Å². The Balaban J connectivity index is 1.67. The van der Waals surface area contributed by atoms with Crippen molar-refractivity contribution in [1.82, 2.24) is 14.2 Å². The van der Waals surface area contributed by atoms with Crippen molar-refractivity contribution < 1.29 is 17.6 Å². The minimum absolute atomic E-state index is 0.00300. The van der Waals surface area contributed by atoms with E-state index in [0.29, 0.717) is 11.9 Å². The number of fused-ring (bicyclic) bond motifs is 1. The molecule has 0 aliphatic carbocycles. The summed E-state index contributed by atoms with van der Waals surface area (Å²) in [5.41, 5.74) is 1.30. The number of anilines is 2. The van der Waals surface area contributed by atoms with Gasteiger partial charge >= 0.3 is 6.03 Å². The van der Waals surface area contributed by atoms with Crippen LogP contribution in [-0.4, -0.2) is 45.1 Å². The van der Waals surface area contributed by atoms with Crippen molar-refractivity contribution in [1.29, 1.82) is 0 Å². The van der Waals surface area contributed by atoms with E-state index in [1.165, 1.54) is 22.8 Å². The topological polar surface area (TPSA) is 113 Å². The summed E-state index contributed by atoms with van der Waals surface area (Å²) >= 11 is 0.959. The Morgan fingerprint density at radius 2 is 1.83 bits per heavy atom. The monoisotopic (exact) mass is 529 g/mol. The number of carbonyl (C=O) groups is 1. The second-order valence-corrected chi connectivity index (χ2v) is 11.1. The van der Waals surface area contributed by atoms with E-state index < -0.39 is 27.4 Å². The third kappa shape index (κ3) is 5.25. The van der Waals surface area contributed by atoms with Crippen LogP contribution in [0.5, 0.6) is 0 Å². The SMILES string of the molecule is CNc1ccc2c(=O)n(-c3ccc(NC(=O)NS(=O)(=O)c4cccs4)cc3F)cc(CN(C)C)c2c1.